The topological polar surface area (TPSA) is 72.3 Å². The zero-order valence-electron chi connectivity index (χ0n) is 14.3. The lowest BCUT2D eigenvalue weighted by Gasteiger charge is -2.35. The Balaban J connectivity index is 1.63. The van der Waals surface area contributed by atoms with Crippen molar-refractivity contribution in [3.05, 3.63) is 11.9 Å². The number of hydrogen-bond donors (Lipinski definition) is 1. The minimum Gasteiger partial charge on any atom is -0.381 e. The maximum Gasteiger partial charge on any atom is 0.273 e. The van der Waals surface area contributed by atoms with Crippen LogP contribution in [-0.2, 0) is 11.3 Å². The van der Waals surface area contributed by atoms with Gasteiger partial charge in [0.15, 0.2) is 5.69 Å². The molecule has 1 N–H and O–H groups in total. The molecule has 134 valence electrons. The van der Waals surface area contributed by atoms with E-state index in [0.717, 1.165) is 26.1 Å². The number of aromatic nitrogens is 3. The zero-order valence-corrected chi connectivity index (χ0v) is 14.3. The number of nitrogens with zero attached hydrogens (tertiary/aromatic N) is 4. The van der Waals surface area contributed by atoms with Crippen LogP contribution in [0.5, 0.6) is 0 Å². The lowest BCUT2D eigenvalue weighted by molar-refractivity contribution is 0.0250. The van der Waals surface area contributed by atoms with Gasteiger partial charge in [0.25, 0.3) is 5.91 Å². The second-order valence-electron chi connectivity index (χ2n) is 6.98. The SMILES string of the molecule is CC(C)NC(=O)c1cn(CC2CC(F)CN2C2CCOCC2)nn1. The molecule has 2 fully saturated rings. The van der Waals surface area contributed by atoms with Gasteiger partial charge in [-0.2, -0.15) is 0 Å². The number of rotatable bonds is 5. The molecule has 2 aliphatic rings. The first-order valence-corrected chi connectivity index (χ1v) is 8.71. The highest BCUT2D eigenvalue weighted by Gasteiger charge is 2.37. The summed E-state index contributed by atoms with van der Waals surface area (Å²) in [5.74, 6) is -0.229. The second kappa shape index (κ2) is 7.57. The molecule has 0 bridgehead atoms. The Bertz CT molecular complexity index is 558. The number of carbonyl (C=O) groups is 1. The van der Waals surface area contributed by atoms with E-state index in [-0.39, 0.29) is 18.0 Å². The van der Waals surface area contributed by atoms with Crippen LogP contribution >= 0.6 is 0 Å². The third-order valence-corrected chi connectivity index (χ3v) is 4.65. The predicted octanol–water partition coefficient (Wildman–Crippen LogP) is 1.01. The molecule has 7 nitrogen and oxygen atoms in total. The number of hydrogen-bond acceptors (Lipinski definition) is 5. The fraction of sp³-hybridized carbons (Fsp3) is 0.812. The van der Waals surface area contributed by atoms with Crippen LogP contribution < -0.4 is 5.32 Å². The molecule has 2 unspecified atom stereocenters. The largest absolute Gasteiger partial charge is 0.381 e. The summed E-state index contributed by atoms with van der Waals surface area (Å²) in [5, 5.41) is 10.8. The lowest BCUT2D eigenvalue weighted by atomic mass is 10.1. The number of likely N-dealkylation sites (tertiary alicyclic amines) is 1. The Labute approximate surface area is 141 Å². The number of amides is 1. The fourth-order valence-corrected chi connectivity index (χ4v) is 3.57. The molecule has 2 atom stereocenters. The van der Waals surface area contributed by atoms with Crippen molar-refractivity contribution in [2.24, 2.45) is 0 Å². The highest BCUT2D eigenvalue weighted by Crippen LogP contribution is 2.28. The molecule has 0 spiro atoms. The number of halogens is 1. The smallest absolute Gasteiger partial charge is 0.273 e. The Kier molecular flexibility index (Phi) is 5.45. The minimum absolute atomic E-state index is 0.0498. The van der Waals surface area contributed by atoms with Crippen molar-refractivity contribution >= 4 is 5.91 Å². The molecule has 0 aliphatic carbocycles. The van der Waals surface area contributed by atoms with E-state index in [0.29, 0.717) is 31.2 Å². The molecule has 3 rings (SSSR count). The van der Waals surface area contributed by atoms with Gasteiger partial charge in [0, 0.05) is 37.9 Å². The third kappa shape index (κ3) is 4.10. The molecule has 0 radical (unpaired) electrons. The summed E-state index contributed by atoms with van der Waals surface area (Å²) in [4.78, 5) is 14.2. The van der Waals surface area contributed by atoms with Crippen LogP contribution in [0.3, 0.4) is 0 Å². The van der Waals surface area contributed by atoms with Gasteiger partial charge in [-0.25, -0.2) is 4.39 Å². The summed E-state index contributed by atoms with van der Waals surface area (Å²) in [7, 11) is 0. The van der Waals surface area contributed by atoms with Crippen molar-refractivity contribution in [3.63, 3.8) is 0 Å². The molecule has 2 saturated heterocycles. The van der Waals surface area contributed by atoms with Crippen LogP contribution in [-0.4, -0.2) is 69.9 Å². The van der Waals surface area contributed by atoms with Crippen LogP contribution in [0.2, 0.25) is 0 Å². The van der Waals surface area contributed by atoms with Gasteiger partial charge in [-0.05, 0) is 33.1 Å². The standard InChI is InChI=1S/C16H26FN5O2/c1-11(2)18-16(23)15-10-21(20-19-15)9-14-7-12(17)8-22(14)13-3-5-24-6-4-13/h10-14H,3-9H2,1-2H3,(H,18,23). The number of nitrogens with one attached hydrogen (secondary N) is 1. The summed E-state index contributed by atoms with van der Waals surface area (Å²) < 4.78 is 21.0. The van der Waals surface area contributed by atoms with Crippen molar-refractivity contribution in [1.29, 1.82) is 0 Å². The van der Waals surface area contributed by atoms with Gasteiger partial charge in [-0.3, -0.25) is 14.4 Å². The first-order valence-electron chi connectivity index (χ1n) is 8.71. The molecular formula is C16H26FN5O2. The Morgan fingerprint density at radius 3 is 2.92 bits per heavy atom. The third-order valence-electron chi connectivity index (χ3n) is 4.65. The van der Waals surface area contributed by atoms with Gasteiger partial charge in [-0.1, -0.05) is 5.21 Å². The van der Waals surface area contributed by atoms with Gasteiger partial charge >= 0.3 is 0 Å². The monoisotopic (exact) mass is 339 g/mol. The molecule has 1 aromatic heterocycles. The first-order chi connectivity index (χ1) is 11.5. The quantitative estimate of drug-likeness (QED) is 0.867. The number of ether oxygens (including phenoxy) is 1. The van der Waals surface area contributed by atoms with Gasteiger partial charge in [0.1, 0.15) is 6.17 Å². The predicted molar refractivity (Wildman–Crippen MR) is 86.5 cm³/mol. The Morgan fingerprint density at radius 2 is 2.21 bits per heavy atom. The normalized spacial score (nSPS) is 26.2. The molecule has 8 heteroatoms. The van der Waals surface area contributed by atoms with Crippen molar-refractivity contribution < 1.29 is 13.9 Å². The van der Waals surface area contributed by atoms with Crippen LogP contribution in [0.4, 0.5) is 4.39 Å². The zero-order chi connectivity index (χ0) is 17.1. The molecule has 24 heavy (non-hydrogen) atoms. The van der Waals surface area contributed by atoms with Gasteiger partial charge in [-0.15, -0.1) is 5.10 Å². The van der Waals surface area contributed by atoms with E-state index >= 15 is 0 Å². The molecule has 0 saturated carbocycles. The average Bonchev–Trinajstić information content (AvgIpc) is 3.15. The van der Waals surface area contributed by atoms with Gasteiger partial charge in [0.2, 0.25) is 0 Å². The Hall–Kier alpha value is -1.54. The van der Waals surface area contributed by atoms with E-state index in [2.05, 4.69) is 20.5 Å². The highest BCUT2D eigenvalue weighted by atomic mass is 19.1. The maximum absolute atomic E-state index is 14.0. The summed E-state index contributed by atoms with van der Waals surface area (Å²) in [6.07, 6.45) is 3.24. The van der Waals surface area contributed by atoms with Crippen LogP contribution in [0.25, 0.3) is 0 Å². The molecular weight excluding hydrogens is 313 g/mol. The van der Waals surface area contributed by atoms with Crippen molar-refractivity contribution in [2.45, 2.75) is 64.0 Å². The lowest BCUT2D eigenvalue weighted by Crippen LogP contribution is -2.44. The van der Waals surface area contributed by atoms with E-state index in [1.54, 1.807) is 10.9 Å². The van der Waals surface area contributed by atoms with E-state index < -0.39 is 6.17 Å². The van der Waals surface area contributed by atoms with Crippen molar-refractivity contribution in [2.75, 3.05) is 19.8 Å². The van der Waals surface area contributed by atoms with Crippen molar-refractivity contribution in [3.8, 4) is 0 Å². The van der Waals surface area contributed by atoms with Crippen LogP contribution in [0.1, 0.15) is 43.6 Å². The van der Waals surface area contributed by atoms with E-state index in [4.69, 9.17) is 4.74 Å². The fourth-order valence-electron chi connectivity index (χ4n) is 3.57. The maximum atomic E-state index is 14.0. The summed E-state index contributed by atoms with van der Waals surface area (Å²) in [6, 6.07) is 0.510. The van der Waals surface area contributed by atoms with Gasteiger partial charge in [0.05, 0.1) is 12.7 Å². The van der Waals surface area contributed by atoms with Crippen LogP contribution in [0.15, 0.2) is 6.20 Å². The van der Waals surface area contributed by atoms with E-state index in [9.17, 15) is 9.18 Å². The number of carbonyl (C=O) groups excluding carboxylic acids is 1. The van der Waals surface area contributed by atoms with E-state index in [1.807, 2.05) is 13.8 Å². The summed E-state index contributed by atoms with van der Waals surface area (Å²) >= 11 is 0. The van der Waals surface area contributed by atoms with Crippen LogP contribution in [0, 0.1) is 0 Å². The second-order valence-corrected chi connectivity index (χ2v) is 6.98. The van der Waals surface area contributed by atoms with Crippen molar-refractivity contribution in [1.82, 2.24) is 25.2 Å². The van der Waals surface area contributed by atoms with Gasteiger partial charge < -0.3 is 10.1 Å². The number of alkyl halides is 1. The molecule has 2 aliphatic heterocycles. The average molecular weight is 339 g/mol. The molecule has 1 aromatic rings. The molecule has 3 heterocycles. The summed E-state index contributed by atoms with van der Waals surface area (Å²) in [6.45, 7) is 6.31. The molecule has 0 aromatic carbocycles. The Morgan fingerprint density at radius 1 is 1.46 bits per heavy atom. The summed E-state index contributed by atoms with van der Waals surface area (Å²) in [5.41, 5.74) is 0.302. The minimum atomic E-state index is -0.801. The van der Waals surface area contributed by atoms with E-state index in [1.165, 1.54) is 0 Å². The molecule has 1 amide bonds. The first kappa shape index (κ1) is 17.3. The highest BCUT2D eigenvalue weighted by molar-refractivity contribution is 5.91.